The summed E-state index contributed by atoms with van der Waals surface area (Å²) in [5, 5.41) is 83.9. The van der Waals surface area contributed by atoms with Crippen LogP contribution >= 0.6 is 0 Å². The van der Waals surface area contributed by atoms with Crippen molar-refractivity contribution in [3.8, 4) is 0 Å². The van der Waals surface area contributed by atoms with Gasteiger partial charge in [0.25, 0.3) is 0 Å². The molecule has 20 unspecified atom stereocenters. The number of hydrogen-bond donors (Lipinski definition) is 8. The molecule has 54 heavy (non-hydrogen) atoms. The number of hydrogen-bond acceptors (Lipinski definition) is 13. The summed E-state index contributed by atoms with van der Waals surface area (Å²) < 4.78 is 23.5. The fourth-order valence-electron chi connectivity index (χ4n) is 13.6. The molecular weight excluding hydrogens is 700 g/mol. The molecule has 13 nitrogen and oxygen atoms in total. The number of esters is 1. The van der Waals surface area contributed by atoms with Crippen LogP contribution in [0, 0.1) is 57.2 Å². The van der Waals surface area contributed by atoms with E-state index in [0.717, 1.165) is 38.5 Å². The first-order chi connectivity index (χ1) is 25.2. The molecule has 2 saturated heterocycles. The number of fused-ring (bicyclic) bond motifs is 7. The van der Waals surface area contributed by atoms with Crippen LogP contribution in [0.15, 0.2) is 11.6 Å². The minimum absolute atomic E-state index is 0.0271. The molecule has 0 bridgehead atoms. The molecule has 0 aromatic rings. The summed E-state index contributed by atoms with van der Waals surface area (Å²) in [7, 11) is 0. The van der Waals surface area contributed by atoms with Crippen LogP contribution in [0.5, 0.6) is 0 Å². The van der Waals surface area contributed by atoms with Crippen LogP contribution in [-0.4, -0.2) is 127 Å². The number of aliphatic hydroxyl groups excluding tert-OH is 7. The highest BCUT2D eigenvalue weighted by molar-refractivity contribution is 5.73. The van der Waals surface area contributed by atoms with Gasteiger partial charge in [0.2, 0.25) is 6.29 Å². The van der Waals surface area contributed by atoms with E-state index < -0.39 is 86.0 Å². The molecule has 7 aliphatic rings. The quantitative estimate of drug-likeness (QED) is 0.143. The largest absolute Gasteiger partial charge is 0.432 e. The number of carbonyl (C=O) groups is 1. The summed E-state index contributed by atoms with van der Waals surface area (Å²) in [6, 6.07) is 0. The van der Waals surface area contributed by atoms with E-state index in [9.17, 15) is 45.6 Å². The van der Waals surface area contributed by atoms with Gasteiger partial charge in [-0.25, -0.2) is 0 Å². The van der Waals surface area contributed by atoms with Crippen molar-refractivity contribution in [1.29, 1.82) is 0 Å². The van der Waals surface area contributed by atoms with E-state index >= 15 is 0 Å². The van der Waals surface area contributed by atoms with Crippen molar-refractivity contribution in [3.05, 3.63) is 11.6 Å². The predicted molar refractivity (Wildman–Crippen MR) is 193 cm³/mol. The fraction of sp³-hybridized carbons (Fsp3) is 0.927. The van der Waals surface area contributed by atoms with Crippen molar-refractivity contribution >= 4 is 5.97 Å². The smallest absolute Gasteiger partial charge is 0.311 e. The lowest BCUT2D eigenvalue weighted by atomic mass is 9.34. The highest BCUT2D eigenvalue weighted by Gasteiger charge is 2.69. The topological polar surface area (TPSA) is 216 Å². The summed E-state index contributed by atoms with van der Waals surface area (Å²) >= 11 is 0. The van der Waals surface area contributed by atoms with Crippen LogP contribution in [0.2, 0.25) is 0 Å². The molecule has 308 valence electrons. The minimum Gasteiger partial charge on any atom is -0.432 e. The number of rotatable bonds is 6. The Morgan fingerprint density at radius 1 is 0.796 bits per heavy atom. The second-order valence-electron chi connectivity index (χ2n) is 19.8. The summed E-state index contributed by atoms with van der Waals surface area (Å²) in [6.07, 6.45) is -3.37. The molecule has 7 rings (SSSR count). The van der Waals surface area contributed by atoms with Gasteiger partial charge in [-0.2, -0.15) is 0 Å². The average molecular weight is 767 g/mol. The van der Waals surface area contributed by atoms with E-state index in [0.29, 0.717) is 24.7 Å². The molecule has 0 radical (unpaired) electrons. The van der Waals surface area contributed by atoms with Crippen LogP contribution in [0.3, 0.4) is 0 Å². The zero-order chi connectivity index (χ0) is 39.5. The average Bonchev–Trinajstić information content (AvgIpc) is 3.39. The van der Waals surface area contributed by atoms with Crippen LogP contribution in [0.4, 0.5) is 0 Å². The Labute approximate surface area is 319 Å². The van der Waals surface area contributed by atoms with Crippen molar-refractivity contribution in [2.24, 2.45) is 57.2 Å². The van der Waals surface area contributed by atoms with Gasteiger partial charge < -0.3 is 59.8 Å². The molecule has 2 aliphatic heterocycles. The van der Waals surface area contributed by atoms with Crippen molar-refractivity contribution in [2.45, 2.75) is 167 Å². The Hall–Kier alpha value is -1.23. The SMILES string of the molecule is CC1CC(C(=O)OC2OC(CO)C(O)C(O)C2O)C2CCC3(C)C(=CCC4C5(C)CCC(OC6OC(CO)C(O)C6O)C(C)(C)C5CCC43C)C2C1(C)O. The lowest BCUT2D eigenvalue weighted by Crippen LogP contribution is -2.66. The Balaban J connectivity index is 1.14. The van der Waals surface area contributed by atoms with Gasteiger partial charge in [0, 0.05) is 5.92 Å². The van der Waals surface area contributed by atoms with Gasteiger partial charge in [0.1, 0.15) is 42.7 Å². The van der Waals surface area contributed by atoms with Crippen molar-refractivity contribution < 1.29 is 64.6 Å². The normalized spacial score (nSPS) is 55.4. The fourth-order valence-corrected chi connectivity index (χ4v) is 13.6. The van der Waals surface area contributed by atoms with Crippen LogP contribution < -0.4 is 0 Å². The number of ether oxygens (including phenoxy) is 4. The second-order valence-corrected chi connectivity index (χ2v) is 19.8. The molecule has 0 aromatic carbocycles. The lowest BCUT2D eigenvalue weighted by molar-refractivity contribution is -0.295. The van der Waals surface area contributed by atoms with Gasteiger partial charge in [-0.1, -0.05) is 53.2 Å². The molecule has 2 heterocycles. The Morgan fingerprint density at radius 2 is 1.41 bits per heavy atom. The number of aliphatic hydroxyl groups is 8. The Morgan fingerprint density at radius 3 is 2.06 bits per heavy atom. The highest BCUT2D eigenvalue weighted by Crippen LogP contribution is 2.75. The number of carbonyl (C=O) groups excluding carboxylic acids is 1. The Bertz CT molecular complexity index is 1450. The first-order valence-electron chi connectivity index (χ1n) is 20.4. The zero-order valence-corrected chi connectivity index (χ0v) is 33.0. The third kappa shape index (κ3) is 5.84. The molecule has 13 heteroatoms. The van der Waals surface area contributed by atoms with Crippen LogP contribution in [-0.2, 0) is 23.7 Å². The number of allylic oxidation sites excluding steroid dienone is 1. The van der Waals surface area contributed by atoms with Gasteiger partial charge in [-0.3, -0.25) is 4.79 Å². The van der Waals surface area contributed by atoms with E-state index in [1.54, 1.807) is 0 Å². The third-order valence-electron chi connectivity index (χ3n) is 17.1. The minimum atomic E-state index is -1.68. The van der Waals surface area contributed by atoms with E-state index in [-0.39, 0.29) is 45.5 Å². The van der Waals surface area contributed by atoms with Gasteiger partial charge in [0.15, 0.2) is 6.29 Å². The van der Waals surface area contributed by atoms with Gasteiger partial charge >= 0.3 is 5.97 Å². The summed E-state index contributed by atoms with van der Waals surface area (Å²) in [4.78, 5) is 14.0. The summed E-state index contributed by atoms with van der Waals surface area (Å²) in [5.41, 5.74) is -0.493. The maximum atomic E-state index is 14.0. The van der Waals surface area contributed by atoms with Gasteiger partial charge in [-0.05, 0) is 104 Å². The van der Waals surface area contributed by atoms with Crippen molar-refractivity contribution in [3.63, 3.8) is 0 Å². The van der Waals surface area contributed by atoms with Crippen molar-refractivity contribution in [2.75, 3.05) is 13.2 Å². The van der Waals surface area contributed by atoms with Crippen LogP contribution in [0.1, 0.15) is 99.8 Å². The molecule has 5 aliphatic carbocycles. The van der Waals surface area contributed by atoms with E-state index in [2.05, 4.69) is 40.7 Å². The first kappa shape index (κ1) is 40.9. The van der Waals surface area contributed by atoms with Gasteiger partial charge in [-0.15, -0.1) is 0 Å². The standard InChI is InChI=1S/C41H66O13/c1-19-16-21(34(49)54-36-33(48)31(46)29(44)23(17-42)52-36)20-10-14-39(5)22(28(20)41(19,7)50)8-9-26-38(4)13-12-27(37(2,3)25(38)11-15-40(26,39)6)53-35-32(47)30(45)24(18-43)51-35/h8,19-21,23-33,35-36,42-48,50H,9-18H2,1-7H3. The molecule has 0 aromatic heterocycles. The molecule has 6 fully saturated rings. The highest BCUT2D eigenvalue weighted by atomic mass is 16.7. The van der Waals surface area contributed by atoms with E-state index in [1.165, 1.54) is 5.57 Å². The van der Waals surface area contributed by atoms with Crippen molar-refractivity contribution in [1.82, 2.24) is 0 Å². The Kier molecular flexibility index (Phi) is 10.6. The molecule has 8 N–H and O–H groups in total. The monoisotopic (exact) mass is 766 g/mol. The maximum Gasteiger partial charge on any atom is 0.311 e. The predicted octanol–water partition coefficient (Wildman–Crippen LogP) is 1.78. The maximum absolute atomic E-state index is 14.0. The lowest BCUT2D eigenvalue weighted by Gasteiger charge is -2.71. The molecule has 0 amide bonds. The summed E-state index contributed by atoms with van der Waals surface area (Å²) in [5.74, 6) is -1.27. The third-order valence-corrected chi connectivity index (χ3v) is 17.1. The molecule has 0 spiro atoms. The molecular formula is C41H66O13. The zero-order valence-electron chi connectivity index (χ0n) is 33.0. The van der Waals surface area contributed by atoms with Crippen LogP contribution in [0.25, 0.3) is 0 Å². The van der Waals surface area contributed by atoms with Gasteiger partial charge in [0.05, 0.1) is 30.8 Å². The first-order valence-corrected chi connectivity index (χ1v) is 20.4. The second kappa shape index (κ2) is 14.0. The molecule has 20 atom stereocenters. The summed E-state index contributed by atoms with van der Waals surface area (Å²) in [6.45, 7) is 14.6. The molecule has 4 saturated carbocycles. The van der Waals surface area contributed by atoms with E-state index in [1.807, 2.05) is 13.8 Å². The van der Waals surface area contributed by atoms with E-state index in [4.69, 9.17) is 18.9 Å².